The smallest absolute Gasteiger partial charge is 0.207 e. The number of aromatic nitrogens is 4. The first-order valence-corrected chi connectivity index (χ1v) is 8.33. The molecule has 3 aromatic rings. The maximum Gasteiger partial charge on any atom is 0.214 e. The second-order valence-electron chi connectivity index (χ2n) is 4.73. The fourth-order valence-electron chi connectivity index (χ4n) is 1.90. The molecule has 0 aliphatic heterocycles. The molecule has 0 saturated heterocycles. The molecule has 0 N–H and O–H groups in total. The minimum absolute atomic E-state index is 0.240. The van der Waals surface area contributed by atoms with Gasteiger partial charge >= 0.3 is 0 Å². The Hall–Kier alpha value is -1.73. The number of hydrogen-bond donors (Lipinski definition) is 0. The van der Waals surface area contributed by atoms with Crippen molar-refractivity contribution < 1.29 is 4.39 Å². The summed E-state index contributed by atoms with van der Waals surface area (Å²) < 4.78 is 16.2. The zero-order valence-corrected chi connectivity index (χ0v) is 14.1. The van der Waals surface area contributed by atoms with Gasteiger partial charge in [-0.15, -0.1) is 5.10 Å². The molecule has 0 amide bonds. The van der Waals surface area contributed by atoms with E-state index >= 15 is 0 Å². The van der Waals surface area contributed by atoms with E-state index in [0.29, 0.717) is 16.5 Å². The highest BCUT2D eigenvalue weighted by Gasteiger charge is 2.11. The first kappa shape index (κ1) is 15.2. The van der Waals surface area contributed by atoms with Crippen LogP contribution in [0.25, 0.3) is 5.69 Å². The Morgan fingerprint density at radius 1 is 1.18 bits per heavy atom. The van der Waals surface area contributed by atoms with Gasteiger partial charge in [0.05, 0.1) is 5.69 Å². The van der Waals surface area contributed by atoms with Crippen LogP contribution in [0.3, 0.4) is 0 Å². The molecule has 0 bridgehead atoms. The highest BCUT2D eigenvalue weighted by atomic mass is 79.9. The van der Waals surface area contributed by atoms with Gasteiger partial charge in [0.2, 0.25) is 5.16 Å². The van der Waals surface area contributed by atoms with Crippen molar-refractivity contribution in [1.29, 1.82) is 0 Å². The summed E-state index contributed by atoms with van der Waals surface area (Å²) in [6, 6.07) is 12.9. The lowest BCUT2D eigenvalue weighted by Crippen LogP contribution is -1.99. The molecule has 3 rings (SSSR count). The van der Waals surface area contributed by atoms with E-state index in [1.807, 2.05) is 37.3 Å². The van der Waals surface area contributed by atoms with Crippen LogP contribution in [0.15, 0.2) is 52.1 Å². The molecule has 0 fully saturated rings. The fraction of sp³-hybridized carbons (Fsp3) is 0.133. The summed E-state index contributed by atoms with van der Waals surface area (Å²) in [6.45, 7) is 2.02. The molecule has 0 spiro atoms. The summed E-state index contributed by atoms with van der Waals surface area (Å²) in [6.07, 6.45) is 0. The Morgan fingerprint density at radius 2 is 1.95 bits per heavy atom. The monoisotopic (exact) mass is 378 g/mol. The van der Waals surface area contributed by atoms with E-state index in [2.05, 4.69) is 31.5 Å². The zero-order valence-electron chi connectivity index (χ0n) is 11.7. The molecule has 0 atom stereocenters. The van der Waals surface area contributed by atoms with Gasteiger partial charge in [-0.1, -0.05) is 51.5 Å². The van der Waals surface area contributed by atoms with Gasteiger partial charge in [-0.2, -0.15) is 4.68 Å². The van der Waals surface area contributed by atoms with Crippen molar-refractivity contribution in [2.75, 3.05) is 0 Å². The molecule has 22 heavy (non-hydrogen) atoms. The second-order valence-corrected chi connectivity index (χ2v) is 6.59. The van der Waals surface area contributed by atoms with Crippen molar-refractivity contribution in [3.8, 4) is 5.69 Å². The fourth-order valence-corrected chi connectivity index (χ4v) is 3.11. The van der Waals surface area contributed by atoms with Gasteiger partial charge in [0.25, 0.3) is 0 Å². The normalized spacial score (nSPS) is 10.9. The number of nitrogens with zero attached hydrogens (tertiary/aromatic N) is 4. The molecule has 2 aromatic carbocycles. The van der Waals surface area contributed by atoms with E-state index in [-0.39, 0.29) is 5.82 Å². The third-order valence-electron chi connectivity index (χ3n) is 3.09. The van der Waals surface area contributed by atoms with E-state index < -0.39 is 0 Å². The highest BCUT2D eigenvalue weighted by molar-refractivity contribution is 9.10. The molecule has 1 heterocycles. The van der Waals surface area contributed by atoms with Crippen molar-refractivity contribution in [2.24, 2.45) is 0 Å². The van der Waals surface area contributed by atoms with E-state index in [0.717, 1.165) is 10.2 Å². The number of hydrogen-bond acceptors (Lipinski definition) is 4. The minimum atomic E-state index is -0.240. The van der Waals surface area contributed by atoms with Crippen molar-refractivity contribution in [1.82, 2.24) is 20.2 Å². The van der Waals surface area contributed by atoms with Gasteiger partial charge in [-0.05, 0) is 47.2 Å². The lowest BCUT2D eigenvalue weighted by Gasteiger charge is -2.05. The van der Waals surface area contributed by atoms with Crippen LogP contribution in [0.2, 0.25) is 0 Å². The predicted molar refractivity (Wildman–Crippen MR) is 87.6 cm³/mol. The number of tetrazole rings is 1. The Morgan fingerprint density at radius 3 is 2.68 bits per heavy atom. The topological polar surface area (TPSA) is 43.6 Å². The van der Waals surface area contributed by atoms with E-state index in [4.69, 9.17) is 0 Å². The number of aryl methyl sites for hydroxylation is 1. The summed E-state index contributed by atoms with van der Waals surface area (Å²) in [5.41, 5.74) is 2.67. The third-order valence-corrected chi connectivity index (χ3v) is 4.55. The van der Waals surface area contributed by atoms with Gasteiger partial charge < -0.3 is 0 Å². The Kier molecular flexibility index (Phi) is 4.54. The molecular weight excluding hydrogens is 367 g/mol. The molecule has 0 aliphatic rings. The molecule has 1 aromatic heterocycles. The van der Waals surface area contributed by atoms with Crippen molar-refractivity contribution >= 4 is 27.7 Å². The first-order valence-electron chi connectivity index (χ1n) is 6.55. The van der Waals surface area contributed by atoms with Gasteiger partial charge in [0.1, 0.15) is 5.82 Å². The summed E-state index contributed by atoms with van der Waals surface area (Å²) in [5.74, 6) is 0.224. The van der Waals surface area contributed by atoms with Crippen LogP contribution in [0.1, 0.15) is 11.1 Å². The lowest BCUT2D eigenvalue weighted by atomic mass is 10.2. The molecular formula is C15H12BrFN4S. The SMILES string of the molecule is Cc1ccc(-n2nnnc2SCc2ccc(Br)cc2F)cc1. The van der Waals surface area contributed by atoms with Crippen LogP contribution in [-0.2, 0) is 5.75 Å². The zero-order chi connectivity index (χ0) is 15.5. The molecule has 4 nitrogen and oxygen atoms in total. The molecule has 0 aliphatic carbocycles. The number of halogens is 2. The van der Waals surface area contributed by atoms with Gasteiger partial charge in [0.15, 0.2) is 0 Å². The molecule has 0 saturated carbocycles. The summed E-state index contributed by atoms with van der Waals surface area (Å²) in [7, 11) is 0. The summed E-state index contributed by atoms with van der Waals surface area (Å²) >= 11 is 4.65. The predicted octanol–water partition coefficient (Wildman–Crippen LogP) is 4.16. The van der Waals surface area contributed by atoms with Crippen molar-refractivity contribution in [2.45, 2.75) is 17.8 Å². The second kappa shape index (κ2) is 6.58. The summed E-state index contributed by atoms with van der Waals surface area (Å²) in [5, 5.41) is 12.4. The molecule has 0 radical (unpaired) electrons. The van der Waals surface area contributed by atoms with E-state index in [9.17, 15) is 4.39 Å². The minimum Gasteiger partial charge on any atom is -0.207 e. The maximum atomic E-state index is 13.8. The van der Waals surface area contributed by atoms with Crippen molar-refractivity contribution in [3.05, 3.63) is 63.9 Å². The van der Waals surface area contributed by atoms with Crippen LogP contribution >= 0.6 is 27.7 Å². The summed E-state index contributed by atoms with van der Waals surface area (Å²) in [4.78, 5) is 0. The molecule has 0 unspecified atom stereocenters. The van der Waals surface area contributed by atoms with Crippen LogP contribution < -0.4 is 0 Å². The number of thioether (sulfide) groups is 1. The van der Waals surface area contributed by atoms with Crippen LogP contribution in [0.4, 0.5) is 4.39 Å². The van der Waals surface area contributed by atoms with E-state index in [1.165, 1.54) is 23.4 Å². The number of benzene rings is 2. The van der Waals surface area contributed by atoms with Crippen molar-refractivity contribution in [3.63, 3.8) is 0 Å². The van der Waals surface area contributed by atoms with E-state index in [1.54, 1.807) is 10.7 Å². The standard InChI is InChI=1S/C15H12BrFN4S/c1-10-2-6-13(7-3-10)21-15(18-19-20-21)22-9-11-4-5-12(16)8-14(11)17/h2-8H,9H2,1H3. The molecule has 112 valence electrons. The molecule has 7 heteroatoms. The Balaban J connectivity index is 1.79. The van der Waals surface area contributed by atoms with Gasteiger partial charge in [-0.3, -0.25) is 0 Å². The quantitative estimate of drug-likeness (QED) is 0.639. The Labute approximate surface area is 139 Å². The average Bonchev–Trinajstić information content (AvgIpc) is 2.95. The number of rotatable bonds is 4. The highest BCUT2D eigenvalue weighted by Crippen LogP contribution is 2.25. The average molecular weight is 379 g/mol. The Bertz CT molecular complexity index is 788. The first-order chi connectivity index (χ1) is 10.6. The lowest BCUT2D eigenvalue weighted by molar-refractivity contribution is 0.616. The third kappa shape index (κ3) is 3.36. The van der Waals surface area contributed by atoms with Gasteiger partial charge in [0, 0.05) is 10.2 Å². The van der Waals surface area contributed by atoms with Crippen LogP contribution in [0.5, 0.6) is 0 Å². The van der Waals surface area contributed by atoms with Gasteiger partial charge in [-0.25, -0.2) is 4.39 Å². The van der Waals surface area contributed by atoms with Crippen LogP contribution in [-0.4, -0.2) is 20.2 Å². The maximum absolute atomic E-state index is 13.8. The largest absolute Gasteiger partial charge is 0.214 e. The van der Waals surface area contributed by atoms with Crippen LogP contribution in [0, 0.1) is 12.7 Å².